The van der Waals surface area contributed by atoms with E-state index in [1.165, 1.54) is 5.57 Å². The van der Waals surface area contributed by atoms with Gasteiger partial charge < -0.3 is 0 Å². The summed E-state index contributed by atoms with van der Waals surface area (Å²) in [6.07, 6.45) is 12.6. The van der Waals surface area contributed by atoms with Crippen LogP contribution in [0.15, 0.2) is 23.8 Å². The van der Waals surface area contributed by atoms with Crippen LogP contribution >= 0.6 is 0 Å². The van der Waals surface area contributed by atoms with E-state index in [0.717, 1.165) is 38.5 Å². The molecule has 0 radical (unpaired) electrons. The van der Waals surface area contributed by atoms with E-state index in [1.807, 2.05) is 0 Å². The summed E-state index contributed by atoms with van der Waals surface area (Å²) in [5.41, 5.74) is 1.54. The molecule has 1 saturated carbocycles. The van der Waals surface area contributed by atoms with Crippen LogP contribution in [0.25, 0.3) is 0 Å². The van der Waals surface area contributed by atoms with Crippen molar-refractivity contribution in [2.24, 2.45) is 0 Å². The zero-order chi connectivity index (χ0) is 11.6. The van der Waals surface area contributed by atoms with Gasteiger partial charge in [-0.1, -0.05) is 18.2 Å². The van der Waals surface area contributed by atoms with Crippen LogP contribution in [0, 0.1) is 0 Å². The molecule has 2 aliphatic carbocycles. The quantitative estimate of drug-likeness (QED) is 0.711. The van der Waals surface area contributed by atoms with E-state index in [1.54, 1.807) is 0 Å². The molecule has 0 atom stereocenters. The minimum absolute atomic E-state index is 0.116. The Morgan fingerprint density at radius 1 is 1.19 bits per heavy atom. The van der Waals surface area contributed by atoms with Crippen LogP contribution in [0.3, 0.4) is 0 Å². The van der Waals surface area contributed by atoms with Gasteiger partial charge in [0.2, 0.25) is 0 Å². The zero-order valence-corrected chi connectivity index (χ0v) is 10.3. The Balaban J connectivity index is 2.25. The molecular formula is C14H21NO. The minimum Gasteiger partial charge on any atom is -0.300 e. The molecular weight excluding hydrogens is 198 g/mol. The summed E-state index contributed by atoms with van der Waals surface area (Å²) in [4.78, 5) is 13.7. The molecule has 0 aromatic rings. The Morgan fingerprint density at radius 2 is 1.88 bits per heavy atom. The molecule has 0 bridgehead atoms. The van der Waals surface area contributed by atoms with Crippen molar-refractivity contribution in [2.45, 2.75) is 44.1 Å². The van der Waals surface area contributed by atoms with Crippen molar-refractivity contribution in [3.63, 3.8) is 0 Å². The van der Waals surface area contributed by atoms with Crippen LogP contribution in [-0.2, 0) is 4.79 Å². The molecule has 0 N–H and O–H groups in total. The van der Waals surface area contributed by atoms with Crippen LogP contribution in [0.4, 0.5) is 0 Å². The van der Waals surface area contributed by atoms with E-state index in [9.17, 15) is 4.79 Å². The smallest absolute Gasteiger partial charge is 0.133 e. The van der Waals surface area contributed by atoms with Crippen molar-refractivity contribution < 1.29 is 4.79 Å². The molecule has 0 spiro atoms. The summed E-state index contributed by atoms with van der Waals surface area (Å²) in [6.45, 7) is 0. The number of carbonyl (C=O) groups excluding carboxylic acids is 1. The van der Waals surface area contributed by atoms with Gasteiger partial charge in [-0.25, -0.2) is 0 Å². The summed E-state index contributed by atoms with van der Waals surface area (Å²) in [5.74, 6) is 0.429. The van der Waals surface area contributed by atoms with Gasteiger partial charge in [-0.05, 0) is 45.4 Å². The molecule has 0 saturated heterocycles. The largest absolute Gasteiger partial charge is 0.300 e. The lowest BCUT2D eigenvalue weighted by Gasteiger charge is -2.44. The number of likely N-dealkylation sites (N-methyl/N-ethyl adjacent to an activating group) is 1. The van der Waals surface area contributed by atoms with Gasteiger partial charge in [-0.2, -0.15) is 0 Å². The first-order valence-electron chi connectivity index (χ1n) is 6.21. The average molecular weight is 219 g/mol. The Bertz CT molecular complexity index is 329. The minimum atomic E-state index is 0.116. The normalized spacial score (nSPS) is 24.7. The third kappa shape index (κ3) is 1.99. The average Bonchev–Trinajstić information content (AvgIpc) is 2.31. The van der Waals surface area contributed by atoms with Gasteiger partial charge >= 0.3 is 0 Å². The Labute approximate surface area is 98.0 Å². The summed E-state index contributed by atoms with van der Waals surface area (Å²) < 4.78 is 0. The fourth-order valence-corrected chi connectivity index (χ4v) is 2.90. The monoisotopic (exact) mass is 219 g/mol. The third-order valence-corrected chi connectivity index (χ3v) is 4.02. The molecule has 2 aliphatic rings. The molecule has 0 amide bonds. The number of nitrogens with zero attached hydrogens (tertiary/aromatic N) is 1. The van der Waals surface area contributed by atoms with E-state index in [2.05, 4.69) is 37.2 Å². The first-order chi connectivity index (χ1) is 7.65. The van der Waals surface area contributed by atoms with Crippen LogP contribution < -0.4 is 0 Å². The highest BCUT2D eigenvalue weighted by molar-refractivity contribution is 5.79. The Hall–Kier alpha value is -0.890. The van der Waals surface area contributed by atoms with Crippen molar-refractivity contribution in [3.05, 3.63) is 23.8 Å². The van der Waals surface area contributed by atoms with Crippen molar-refractivity contribution in [2.75, 3.05) is 14.1 Å². The fraction of sp³-hybridized carbons (Fsp3) is 0.643. The van der Waals surface area contributed by atoms with Crippen molar-refractivity contribution >= 4 is 5.78 Å². The summed E-state index contributed by atoms with van der Waals surface area (Å²) in [7, 11) is 4.28. The van der Waals surface area contributed by atoms with Gasteiger partial charge in [-0.3, -0.25) is 9.69 Å². The Kier molecular flexibility index (Phi) is 3.29. The van der Waals surface area contributed by atoms with Crippen LogP contribution in [-0.4, -0.2) is 30.3 Å². The van der Waals surface area contributed by atoms with E-state index >= 15 is 0 Å². The highest BCUT2D eigenvalue weighted by Gasteiger charge is 2.39. The van der Waals surface area contributed by atoms with Crippen molar-refractivity contribution in [3.8, 4) is 0 Å². The molecule has 88 valence electrons. The number of ketones is 1. The third-order valence-electron chi connectivity index (χ3n) is 4.02. The second-order valence-corrected chi connectivity index (χ2v) is 5.10. The molecule has 2 nitrogen and oxygen atoms in total. The molecule has 16 heavy (non-hydrogen) atoms. The van der Waals surface area contributed by atoms with E-state index in [-0.39, 0.29) is 5.54 Å². The summed E-state index contributed by atoms with van der Waals surface area (Å²) in [6, 6.07) is 0. The predicted molar refractivity (Wildman–Crippen MR) is 66.4 cm³/mol. The van der Waals surface area contributed by atoms with Gasteiger partial charge in [0.1, 0.15) is 5.78 Å². The number of carbonyl (C=O) groups is 1. The first kappa shape index (κ1) is 11.6. The topological polar surface area (TPSA) is 20.3 Å². The molecule has 2 rings (SSSR count). The maximum absolute atomic E-state index is 11.4. The lowest BCUT2D eigenvalue weighted by atomic mass is 9.73. The molecule has 0 aromatic heterocycles. The number of rotatable bonds is 2. The van der Waals surface area contributed by atoms with Crippen LogP contribution in [0.1, 0.15) is 38.5 Å². The maximum Gasteiger partial charge on any atom is 0.133 e. The first-order valence-corrected chi connectivity index (χ1v) is 6.21. The van der Waals surface area contributed by atoms with Gasteiger partial charge in [0.05, 0.1) is 0 Å². The molecule has 1 fully saturated rings. The summed E-state index contributed by atoms with van der Waals surface area (Å²) in [5, 5.41) is 0. The van der Waals surface area contributed by atoms with E-state index in [4.69, 9.17) is 0 Å². The van der Waals surface area contributed by atoms with Gasteiger partial charge in [0, 0.05) is 18.4 Å². The summed E-state index contributed by atoms with van der Waals surface area (Å²) >= 11 is 0. The molecule has 0 aliphatic heterocycles. The second-order valence-electron chi connectivity index (χ2n) is 5.10. The van der Waals surface area contributed by atoms with E-state index in [0.29, 0.717) is 5.78 Å². The fourth-order valence-electron chi connectivity index (χ4n) is 2.90. The van der Waals surface area contributed by atoms with Gasteiger partial charge in [0.25, 0.3) is 0 Å². The lowest BCUT2D eigenvalue weighted by Crippen LogP contribution is -2.48. The van der Waals surface area contributed by atoms with Crippen LogP contribution in [0.2, 0.25) is 0 Å². The SMILES string of the molecule is CN(C)C1(C2=CCCC=C2)CCC(=O)CC1. The molecule has 0 aromatic carbocycles. The standard InChI is InChI=1S/C14H21NO/c1-15(2)14(10-8-13(16)9-11-14)12-6-4-3-5-7-12/h4,6-7H,3,5,8-11H2,1-2H3. The molecule has 0 unspecified atom stereocenters. The van der Waals surface area contributed by atoms with Crippen LogP contribution in [0.5, 0.6) is 0 Å². The van der Waals surface area contributed by atoms with Gasteiger partial charge in [-0.15, -0.1) is 0 Å². The highest BCUT2D eigenvalue weighted by atomic mass is 16.1. The van der Waals surface area contributed by atoms with Gasteiger partial charge in [0.15, 0.2) is 0 Å². The number of hydrogen-bond acceptors (Lipinski definition) is 2. The van der Waals surface area contributed by atoms with Crippen molar-refractivity contribution in [1.29, 1.82) is 0 Å². The zero-order valence-electron chi connectivity index (χ0n) is 10.3. The number of Topliss-reactive ketones (excluding diaryl/α,β-unsaturated/α-hetero) is 1. The second kappa shape index (κ2) is 4.54. The highest BCUT2D eigenvalue weighted by Crippen LogP contribution is 2.38. The predicted octanol–water partition coefficient (Wildman–Crippen LogP) is 2.71. The molecule has 2 heteroatoms. The Morgan fingerprint density at radius 3 is 2.38 bits per heavy atom. The van der Waals surface area contributed by atoms with E-state index < -0.39 is 0 Å². The molecule has 0 heterocycles. The number of hydrogen-bond donors (Lipinski definition) is 0. The van der Waals surface area contributed by atoms with Crippen molar-refractivity contribution in [1.82, 2.24) is 4.90 Å². The number of allylic oxidation sites excluding steroid dienone is 2. The lowest BCUT2D eigenvalue weighted by molar-refractivity contribution is -0.122. The maximum atomic E-state index is 11.4.